The molecule has 1 atom stereocenters. The van der Waals surface area contributed by atoms with Crippen LogP contribution in [0.15, 0.2) is 30.5 Å². The average molecular weight is 511 g/mol. The van der Waals surface area contributed by atoms with Gasteiger partial charge in [-0.2, -0.15) is 0 Å². The number of imidazole rings is 1. The molecule has 8 nitrogen and oxygen atoms in total. The van der Waals surface area contributed by atoms with Gasteiger partial charge in [-0.1, -0.05) is 0 Å². The lowest BCUT2D eigenvalue weighted by Gasteiger charge is -2.32. The highest BCUT2D eigenvalue weighted by Gasteiger charge is 2.33. The third-order valence-electron chi connectivity index (χ3n) is 6.94. The zero-order chi connectivity index (χ0) is 25.7. The number of amides is 2. The molecule has 2 aromatic heterocycles. The highest BCUT2D eigenvalue weighted by atomic mass is 19.1. The van der Waals surface area contributed by atoms with Gasteiger partial charge in [-0.3, -0.25) is 4.79 Å². The fourth-order valence-corrected chi connectivity index (χ4v) is 4.65. The molecule has 0 bridgehead atoms. The minimum atomic E-state index is -0.860. The molecule has 10 heteroatoms. The molecule has 1 unspecified atom stereocenters. The number of hydrogen-bond donors (Lipinski definition) is 1. The summed E-state index contributed by atoms with van der Waals surface area (Å²) in [6.45, 7) is 2.98. The number of morpholine rings is 1. The number of ether oxygens (including phenoxy) is 2. The smallest absolute Gasteiger partial charge is 0.410 e. The van der Waals surface area contributed by atoms with Gasteiger partial charge in [-0.25, -0.2) is 18.6 Å². The van der Waals surface area contributed by atoms with Crippen molar-refractivity contribution in [1.82, 2.24) is 19.6 Å². The quantitative estimate of drug-likeness (QED) is 0.542. The molecular formula is C27H28F2N4O4. The van der Waals surface area contributed by atoms with Gasteiger partial charge < -0.3 is 24.1 Å². The fraction of sp³-hybridized carbons (Fsp3) is 0.444. The summed E-state index contributed by atoms with van der Waals surface area (Å²) in [7, 11) is 0. The Bertz CT molecular complexity index is 1360. The van der Waals surface area contributed by atoms with E-state index in [1.54, 1.807) is 9.30 Å². The first kappa shape index (κ1) is 23.8. The van der Waals surface area contributed by atoms with Crippen molar-refractivity contribution in [2.24, 2.45) is 0 Å². The number of nitrogens with one attached hydrogen (secondary N) is 1. The highest BCUT2D eigenvalue weighted by Crippen LogP contribution is 2.32. The molecule has 2 saturated carbocycles. The first-order valence-electron chi connectivity index (χ1n) is 12.7. The highest BCUT2D eigenvalue weighted by molar-refractivity contribution is 5.95. The maximum atomic E-state index is 15.4. The number of fused-ring (bicyclic) bond motifs is 1. The van der Waals surface area contributed by atoms with E-state index in [4.69, 9.17) is 9.47 Å². The van der Waals surface area contributed by atoms with Gasteiger partial charge in [-0.05, 0) is 62.4 Å². The van der Waals surface area contributed by atoms with Crippen LogP contribution in [0.3, 0.4) is 0 Å². The van der Waals surface area contributed by atoms with Crippen LogP contribution in [0.25, 0.3) is 16.9 Å². The van der Waals surface area contributed by atoms with Gasteiger partial charge in [0, 0.05) is 30.8 Å². The summed E-state index contributed by atoms with van der Waals surface area (Å²) in [5, 5.41) is 2.75. The zero-order valence-corrected chi connectivity index (χ0v) is 20.5. The Kier molecular flexibility index (Phi) is 6.06. The van der Waals surface area contributed by atoms with Crippen LogP contribution in [-0.2, 0) is 15.9 Å². The van der Waals surface area contributed by atoms with Gasteiger partial charge in [-0.15, -0.1) is 0 Å². The molecule has 194 valence electrons. The summed E-state index contributed by atoms with van der Waals surface area (Å²) in [5.74, 6) is -2.21. The van der Waals surface area contributed by atoms with E-state index in [1.165, 1.54) is 0 Å². The second-order valence-corrected chi connectivity index (χ2v) is 10.1. The van der Waals surface area contributed by atoms with E-state index in [0.717, 1.165) is 43.4 Å². The van der Waals surface area contributed by atoms with E-state index >= 15 is 8.78 Å². The number of carbonyl (C=O) groups excluding carboxylic acids is 2. The number of carbonyl (C=O) groups is 2. The van der Waals surface area contributed by atoms with Crippen molar-refractivity contribution in [1.29, 1.82) is 0 Å². The molecule has 3 heterocycles. The Morgan fingerprint density at radius 1 is 1.16 bits per heavy atom. The largest absolute Gasteiger partial charge is 0.446 e. The number of rotatable bonds is 6. The van der Waals surface area contributed by atoms with Crippen LogP contribution in [0.5, 0.6) is 0 Å². The van der Waals surface area contributed by atoms with Crippen LogP contribution in [0.1, 0.15) is 47.3 Å². The minimum Gasteiger partial charge on any atom is -0.446 e. The van der Waals surface area contributed by atoms with Crippen molar-refractivity contribution in [2.45, 2.75) is 57.3 Å². The van der Waals surface area contributed by atoms with E-state index in [1.807, 2.05) is 25.3 Å². The third kappa shape index (κ3) is 5.02. The van der Waals surface area contributed by atoms with Gasteiger partial charge in [0.15, 0.2) is 0 Å². The van der Waals surface area contributed by atoms with Crippen molar-refractivity contribution < 1.29 is 27.8 Å². The summed E-state index contributed by atoms with van der Waals surface area (Å²) in [6, 6.07) is 5.91. The minimum absolute atomic E-state index is 0.00249. The summed E-state index contributed by atoms with van der Waals surface area (Å²) in [4.78, 5) is 31.1. The van der Waals surface area contributed by atoms with Crippen molar-refractivity contribution in [3.05, 3.63) is 58.9 Å². The van der Waals surface area contributed by atoms with Crippen LogP contribution in [0.2, 0.25) is 0 Å². The van der Waals surface area contributed by atoms with Crippen molar-refractivity contribution in [2.75, 3.05) is 19.7 Å². The first-order valence-corrected chi connectivity index (χ1v) is 12.7. The number of nitrogens with zero attached hydrogens (tertiary/aromatic N) is 3. The lowest BCUT2D eigenvalue weighted by atomic mass is 10.0. The third-order valence-corrected chi connectivity index (χ3v) is 6.94. The van der Waals surface area contributed by atoms with E-state index in [0.29, 0.717) is 31.0 Å². The lowest BCUT2D eigenvalue weighted by molar-refractivity contribution is -0.0279. The molecule has 1 N–H and O–H groups in total. The SMILES string of the molecule is Cc1ccn2c(CC3CN(C(=O)OC4CC4)CCO3)c(-c3c(F)cc(C(=O)NC4CC4)cc3F)nc2c1. The van der Waals surface area contributed by atoms with Crippen LogP contribution in [0, 0.1) is 18.6 Å². The summed E-state index contributed by atoms with van der Waals surface area (Å²) >= 11 is 0. The fourth-order valence-electron chi connectivity index (χ4n) is 4.65. The second-order valence-electron chi connectivity index (χ2n) is 10.1. The monoisotopic (exact) mass is 510 g/mol. The van der Waals surface area contributed by atoms with Gasteiger partial charge in [0.2, 0.25) is 0 Å². The number of aryl methyl sites for hydroxylation is 1. The average Bonchev–Trinajstić information content (AvgIpc) is 3.80. The van der Waals surface area contributed by atoms with Crippen LogP contribution in [-0.4, -0.2) is 64.2 Å². The predicted octanol–water partition coefficient (Wildman–Crippen LogP) is 4.02. The molecule has 1 aromatic carbocycles. The Morgan fingerprint density at radius 2 is 1.92 bits per heavy atom. The molecule has 2 amide bonds. The first-order chi connectivity index (χ1) is 17.9. The number of aromatic nitrogens is 2. The summed E-state index contributed by atoms with van der Waals surface area (Å²) in [6.07, 6.45) is 4.85. The molecule has 3 aliphatic rings. The van der Waals surface area contributed by atoms with E-state index in [9.17, 15) is 9.59 Å². The van der Waals surface area contributed by atoms with Crippen LogP contribution in [0.4, 0.5) is 13.6 Å². The number of pyridine rings is 1. The molecular weight excluding hydrogens is 482 g/mol. The van der Waals surface area contributed by atoms with Gasteiger partial charge >= 0.3 is 6.09 Å². The molecule has 2 aliphatic carbocycles. The van der Waals surface area contributed by atoms with Gasteiger partial charge in [0.25, 0.3) is 5.91 Å². The van der Waals surface area contributed by atoms with Crippen LogP contribution < -0.4 is 5.32 Å². The topological polar surface area (TPSA) is 85.2 Å². The maximum Gasteiger partial charge on any atom is 0.410 e. The molecule has 37 heavy (non-hydrogen) atoms. The Hall–Kier alpha value is -3.53. The summed E-state index contributed by atoms with van der Waals surface area (Å²) < 4.78 is 44.0. The number of benzene rings is 1. The van der Waals surface area contributed by atoms with Gasteiger partial charge in [0.1, 0.15) is 23.4 Å². The van der Waals surface area contributed by atoms with Crippen molar-refractivity contribution >= 4 is 17.6 Å². The Morgan fingerprint density at radius 3 is 2.62 bits per heavy atom. The number of halogens is 2. The van der Waals surface area contributed by atoms with Crippen molar-refractivity contribution in [3.8, 4) is 11.3 Å². The molecule has 6 rings (SSSR count). The molecule has 1 saturated heterocycles. The molecule has 3 aromatic rings. The molecule has 1 aliphatic heterocycles. The summed E-state index contributed by atoms with van der Waals surface area (Å²) in [5.41, 5.74) is 1.85. The number of hydrogen-bond acceptors (Lipinski definition) is 5. The molecule has 0 spiro atoms. The zero-order valence-electron chi connectivity index (χ0n) is 20.5. The Balaban J connectivity index is 1.33. The molecule has 3 fully saturated rings. The van der Waals surface area contributed by atoms with Crippen molar-refractivity contribution in [3.63, 3.8) is 0 Å². The maximum absolute atomic E-state index is 15.4. The standard InChI is InChI=1S/C27H28F2N4O4/c1-15-6-7-33-22(13-19-14-32(8-9-36-19)27(35)37-18-4-5-18)25(31-23(33)10-15)24-20(28)11-16(12-21(24)29)26(34)30-17-2-3-17/h6-7,10-12,17-19H,2-5,8-9,13-14H2,1H3,(H,30,34). The van der Waals surface area contributed by atoms with E-state index in [2.05, 4.69) is 10.3 Å². The van der Waals surface area contributed by atoms with Gasteiger partial charge in [0.05, 0.1) is 36.2 Å². The second kappa shape index (κ2) is 9.41. The lowest BCUT2D eigenvalue weighted by Crippen LogP contribution is -2.46. The Labute approximate surface area is 212 Å². The predicted molar refractivity (Wildman–Crippen MR) is 130 cm³/mol. The molecule has 0 radical (unpaired) electrons. The van der Waals surface area contributed by atoms with Crippen LogP contribution >= 0.6 is 0 Å². The normalized spacial score (nSPS) is 19.8. The van der Waals surface area contributed by atoms with E-state index in [-0.39, 0.29) is 41.5 Å². The van der Waals surface area contributed by atoms with E-state index < -0.39 is 23.6 Å².